The molecule has 5 nitrogen and oxygen atoms in total. The number of carbonyl (C=O) groups is 1. The van der Waals surface area contributed by atoms with Crippen molar-refractivity contribution >= 4 is 29.7 Å². The normalized spacial score (nSPS) is 10.3. The SMILES string of the molecule is COc1cccc(C(=O)Cl)c1COc1ccn(S)n1. The zero-order valence-corrected chi connectivity index (χ0v) is 11.7. The highest BCUT2D eigenvalue weighted by atomic mass is 35.5. The monoisotopic (exact) mass is 298 g/mol. The van der Waals surface area contributed by atoms with Gasteiger partial charge in [0.15, 0.2) is 0 Å². The molecule has 0 radical (unpaired) electrons. The second-order valence-corrected chi connectivity index (χ2v) is 4.38. The molecule has 0 saturated heterocycles. The highest BCUT2D eigenvalue weighted by molar-refractivity contribution is 7.78. The Morgan fingerprint density at radius 2 is 2.26 bits per heavy atom. The van der Waals surface area contributed by atoms with Crippen LogP contribution in [0.4, 0.5) is 0 Å². The number of hydrogen-bond acceptors (Lipinski definition) is 5. The van der Waals surface area contributed by atoms with Crippen LogP contribution in [-0.2, 0) is 6.61 Å². The summed E-state index contributed by atoms with van der Waals surface area (Å²) in [5, 5.41) is 3.40. The summed E-state index contributed by atoms with van der Waals surface area (Å²) in [4.78, 5) is 11.4. The van der Waals surface area contributed by atoms with Crippen molar-refractivity contribution in [1.82, 2.24) is 9.19 Å². The molecule has 0 unspecified atom stereocenters. The van der Waals surface area contributed by atoms with Crippen LogP contribution in [0.2, 0.25) is 0 Å². The second-order valence-electron chi connectivity index (χ2n) is 3.62. The van der Waals surface area contributed by atoms with Crippen molar-refractivity contribution < 1.29 is 14.3 Å². The fourth-order valence-electron chi connectivity index (χ4n) is 1.61. The molecule has 0 saturated carbocycles. The lowest BCUT2D eigenvalue weighted by molar-refractivity contribution is 0.107. The van der Waals surface area contributed by atoms with Crippen molar-refractivity contribution in [1.29, 1.82) is 0 Å². The smallest absolute Gasteiger partial charge is 0.252 e. The fraction of sp³-hybridized carbons (Fsp3) is 0.167. The molecule has 1 heterocycles. The van der Waals surface area contributed by atoms with Crippen LogP contribution in [0.5, 0.6) is 11.6 Å². The molecule has 0 aliphatic carbocycles. The highest BCUT2D eigenvalue weighted by Gasteiger charge is 2.15. The summed E-state index contributed by atoms with van der Waals surface area (Å²) < 4.78 is 12.0. The Hall–Kier alpha value is -1.66. The van der Waals surface area contributed by atoms with Gasteiger partial charge < -0.3 is 9.47 Å². The second kappa shape index (κ2) is 5.99. The third-order valence-electron chi connectivity index (χ3n) is 2.48. The number of aromatic nitrogens is 2. The van der Waals surface area contributed by atoms with Crippen LogP contribution >= 0.6 is 24.4 Å². The molecular formula is C12H11ClN2O3S. The summed E-state index contributed by atoms with van der Waals surface area (Å²) in [5.41, 5.74) is 0.935. The van der Waals surface area contributed by atoms with E-state index in [1.54, 1.807) is 30.5 Å². The van der Waals surface area contributed by atoms with Gasteiger partial charge in [-0.3, -0.25) is 4.79 Å². The van der Waals surface area contributed by atoms with Crippen molar-refractivity contribution in [3.8, 4) is 11.6 Å². The number of carbonyl (C=O) groups excluding carboxylic acids is 1. The van der Waals surface area contributed by atoms with Gasteiger partial charge in [0.05, 0.1) is 7.11 Å². The number of ether oxygens (including phenoxy) is 2. The lowest BCUT2D eigenvalue weighted by Gasteiger charge is -2.11. The van der Waals surface area contributed by atoms with Crippen LogP contribution in [0.15, 0.2) is 30.5 Å². The number of thiol groups is 1. The minimum Gasteiger partial charge on any atom is -0.496 e. The van der Waals surface area contributed by atoms with Gasteiger partial charge in [0, 0.05) is 23.4 Å². The molecule has 2 rings (SSSR count). The highest BCUT2D eigenvalue weighted by Crippen LogP contribution is 2.25. The first-order chi connectivity index (χ1) is 9.11. The number of methoxy groups -OCH3 is 1. The standard InChI is InChI=1S/C12H11ClN2O3S/c1-17-10-4-2-3-8(12(13)16)9(10)7-18-11-5-6-15(19)14-11/h2-6,19H,7H2,1H3. The van der Waals surface area contributed by atoms with E-state index < -0.39 is 5.24 Å². The molecule has 0 atom stereocenters. The summed E-state index contributed by atoms with van der Waals surface area (Å²) in [6.45, 7) is 0.128. The molecule has 0 bridgehead atoms. The van der Waals surface area contributed by atoms with Gasteiger partial charge in [0.1, 0.15) is 12.4 Å². The van der Waals surface area contributed by atoms with Gasteiger partial charge in [0.2, 0.25) is 5.88 Å². The molecular weight excluding hydrogens is 288 g/mol. The van der Waals surface area contributed by atoms with E-state index >= 15 is 0 Å². The average Bonchev–Trinajstić information content (AvgIpc) is 2.81. The first-order valence-electron chi connectivity index (χ1n) is 5.35. The van der Waals surface area contributed by atoms with E-state index in [1.165, 1.54) is 11.2 Å². The van der Waals surface area contributed by atoms with Crippen LogP contribution < -0.4 is 9.47 Å². The van der Waals surface area contributed by atoms with E-state index in [0.717, 1.165) is 0 Å². The van der Waals surface area contributed by atoms with Crippen molar-refractivity contribution in [2.75, 3.05) is 7.11 Å². The van der Waals surface area contributed by atoms with Crippen molar-refractivity contribution in [2.24, 2.45) is 0 Å². The molecule has 0 amide bonds. The van der Waals surface area contributed by atoms with Gasteiger partial charge in [-0.25, -0.2) is 4.09 Å². The molecule has 0 fully saturated rings. The van der Waals surface area contributed by atoms with E-state index in [-0.39, 0.29) is 6.61 Å². The molecule has 0 spiro atoms. The number of benzene rings is 1. The molecule has 0 N–H and O–H groups in total. The van der Waals surface area contributed by atoms with Crippen molar-refractivity contribution in [3.63, 3.8) is 0 Å². The summed E-state index contributed by atoms with van der Waals surface area (Å²) in [6.07, 6.45) is 1.63. The number of rotatable bonds is 5. The Morgan fingerprint density at radius 1 is 1.47 bits per heavy atom. The summed E-state index contributed by atoms with van der Waals surface area (Å²) in [6, 6.07) is 6.71. The van der Waals surface area contributed by atoms with Crippen molar-refractivity contribution in [2.45, 2.75) is 6.61 Å². The minimum absolute atomic E-state index is 0.128. The largest absolute Gasteiger partial charge is 0.496 e. The van der Waals surface area contributed by atoms with Gasteiger partial charge >= 0.3 is 0 Å². The van der Waals surface area contributed by atoms with Crippen LogP contribution in [0.3, 0.4) is 0 Å². The maximum absolute atomic E-state index is 11.4. The van der Waals surface area contributed by atoms with Gasteiger partial charge in [-0.2, -0.15) is 0 Å². The van der Waals surface area contributed by atoms with Gasteiger partial charge in [-0.05, 0) is 36.5 Å². The Bertz CT molecular complexity index is 600. The number of hydrogen-bond donors (Lipinski definition) is 1. The van der Waals surface area contributed by atoms with E-state index in [9.17, 15) is 4.79 Å². The van der Waals surface area contributed by atoms with Crippen LogP contribution in [0, 0.1) is 0 Å². The van der Waals surface area contributed by atoms with E-state index in [0.29, 0.717) is 22.8 Å². The van der Waals surface area contributed by atoms with E-state index in [2.05, 4.69) is 17.9 Å². The van der Waals surface area contributed by atoms with E-state index in [1.807, 2.05) is 0 Å². The maximum Gasteiger partial charge on any atom is 0.252 e. The molecule has 0 aliphatic heterocycles. The Labute approximate surface area is 120 Å². The van der Waals surface area contributed by atoms with Gasteiger partial charge in [-0.1, -0.05) is 6.07 Å². The Morgan fingerprint density at radius 3 is 2.84 bits per heavy atom. The maximum atomic E-state index is 11.4. The van der Waals surface area contributed by atoms with Gasteiger partial charge in [0.25, 0.3) is 5.24 Å². The fourth-order valence-corrected chi connectivity index (χ4v) is 1.94. The summed E-state index contributed by atoms with van der Waals surface area (Å²) >= 11 is 9.54. The summed E-state index contributed by atoms with van der Waals surface area (Å²) in [5.74, 6) is 0.936. The minimum atomic E-state index is -0.558. The van der Waals surface area contributed by atoms with Crippen LogP contribution in [-0.4, -0.2) is 21.5 Å². The molecule has 0 aliphatic rings. The van der Waals surface area contributed by atoms with Crippen LogP contribution in [0.1, 0.15) is 15.9 Å². The third kappa shape index (κ3) is 3.21. The van der Waals surface area contributed by atoms with Crippen molar-refractivity contribution in [3.05, 3.63) is 41.6 Å². The van der Waals surface area contributed by atoms with Crippen LogP contribution in [0.25, 0.3) is 0 Å². The van der Waals surface area contributed by atoms with E-state index in [4.69, 9.17) is 21.1 Å². The molecule has 7 heteroatoms. The molecule has 100 valence electrons. The third-order valence-corrected chi connectivity index (χ3v) is 2.91. The Balaban J connectivity index is 2.25. The summed E-state index contributed by atoms with van der Waals surface area (Å²) in [7, 11) is 1.52. The predicted molar refractivity (Wildman–Crippen MR) is 74.1 cm³/mol. The molecule has 2 aromatic rings. The average molecular weight is 299 g/mol. The van der Waals surface area contributed by atoms with Gasteiger partial charge in [-0.15, -0.1) is 5.10 Å². The first kappa shape index (κ1) is 13.8. The zero-order chi connectivity index (χ0) is 13.8. The quantitative estimate of drug-likeness (QED) is 0.681. The lowest BCUT2D eigenvalue weighted by atomic mass is 10.1. The predicted octanol–water partition coefficient (Wildman–Crippen LogP) is 2.54. The molecule has 1 aromatic heterocycles. The zero-order valence-electron chi connectivity index (χ0n) is 10.0. The Kier molecular flexibility index (Phi) is 4.34. The molecule has 19 heavy (non-hydrogen) atoms. The topological polar surface area (TPSA) is 53.4 Å². The number of halogens is 1. The number of nitrogens with zero attached hydrogens (tertiary/aromatic N) is 2. The first-order valence-corrected chi connectivity index (χ1v) is 6.13. The lowest BCUT2D eigenvalue weighted by Crippen LogP contribution is -2.05. The molecule has 1 aromatic carbocycles.